The molecule has 1 saturated carbocycles. The molecule has 0 amide bonds. The van der Waals surface area contributed by atoms with Crippen molar-refractivity contribution in [3.05, 3.63) is 12.2 Å². The second-order valence-corrected chi connectivity index (χ2v) is 5.41. The lowest BCUT2D eigenvalue weighted by atomic mass is 9.90. The van der Waals surface area contributed by atoms with E-state index in [1.165, 1.54) is 12.8 Å². The largest absolute Gasteiger partial charge is 0.353 e. The molecule has 0 heterocycles. The van der Waals surface area contributed by atoms with Crippen molar-refractivity contribution in [2.45, 2.75) is 58.3 Å². The molecule has 2 bridgehead atoms. The van der Waals surface area contributed by atoms with Crippen molar-refractivity contribution in [2.24, 2.45) is 11.8 Å². The summed E-state index contributed by atoms with van der Waals surface area (Å²) < 4.78 is 11.8. The minimum atomic E-state index is -0.0655. The Morgan fingerprint density at radius 3 is 2.81 bits per heavy atom. The Hall–Kier alpha value is -0.340. The van der Waals surface area contributed by atoms with Crippen LogP contribution in [-0.4, -0.2) is 18.5 Å². The molecule has 4 atom stereocenters. The number of ether oxygens (including phenoxy) is 2. The minimum absolute atomic E-state index is 0.0189. The van der Waals surface area contributed by atoms with Gasteiger partial charge in [-0.3, -0.25) is 0 Å². The van der Waals surface area contributed by atoms with Gasteiger partial charge in [-0.1, -0.05) is 25.5 Å². The molecule has 0 aromatic heterocycles. The normalized spacial score (nSPS) is 38.2. The third kappa shape index (κ3) is 2.49. The molecule has 2 nitrogen and oxygen atoms in total. The predicted octanol–water partition coefficient (Wildman–Crippen LogP) is 3.52. The molecule has 0 saturated heterocycles. The van der Waals surface area contributed by atoms with Gasteiger partial charge in [0.1, 0.15) is 0 Å². The summed E-state index contributed by atoms with van der Waals surface area (Å²) >= 11 is 0. The first-order chi connectivity index (χ1) is 7.64. The van der Waals surface area contributed by atoms with E-state index < -0.39 is 0 Å². The van der Waals surface area contributed by atoms with E-state index in [9.17, 15) is 0 Å². The molecule has 16 heavy (non-hydrogen) atoms. The Morgan fingerprint density at radius 2 is 2.25 bits per heavy atom. The molecule has 0 aliphatic heterocycles. The van der Waals surface area contributed by atoms with E-state index in [0.717, 1.165) is 25.4 Å². The number of unbranched alkanes of at least 4 members (excludes halogenated alkanes) is 1. The Morgan fingerprint density at radius 1 is 1.44 bits per heavy atom. The third-order valence-corrected chi connectivity index (χ3v) is 3.91. The molecule has 0 radical (unpaired) electrons. The molecule has 1 fully saturated rings. The molecule has 0 aromatic carbocycles. The van der Waals surface area contributed by atoms with E-state index in [0.29, 0.717) is 5.92 Å². The summed E-state index contributed by atoms with van der Waals surface area (Å²) in [6, 6.07) is 0. The van der Waals surface area contributed by atoms with Crippen LogP contribution < -0.4 is 0 Å². The van der Waals surface area contributed by atoms with Crippen LogP contribution in [0.25, 0.3) is 0 Å². The van der Waals surface area contributed by atoms with Crippen molar-refractivity contribution in [1.82, 2.24) is 0 Å². The van der Waals surface area contributed by atoms with Crippen LogP contribution in [0, 0.1) is 11.8 Å². The zero-order chi connectivity index (χ0) is 11.6. The van der Waals surface area contributed by atoms with Crippen molar-refractivity contribution < 1.29 is 9.47 Å². The predicted molar refractivity (Wildman–Crippen MR) is 65.2 cm³/mol. The van der Waals surface area contributed by atoms with Gasteiger partial charge in [0, 0.05) is 12.5 Å². The van der Waals surface area contributed by atoms with E-state index >= 15 is 0 Å². The first-order valence-corrected chi connectivity index (χ1v) is 6.62. The third-order valence-electron chi connectivity index (χ3n) is 3.91. The van der Waals surface area contributed by atoms with E-state index in [1.807, 2.05) is 6.92 Å². The van der Waals surface area contributed by atoms with E-state index in [4.69, 9.17) is 9.47 Å². The fraction of sp³-hybridized carbons (Fsp3) is 0.857. The highest BCUT2D eigenvalue weighted by Gasteiger charge is 2.46. The molecule has 4 unspecified atom stereocenters. The topological polar surface area (TPSA) is 18.5 Å². The van der Waals surface area contributed by atoms with Crippen LogP contribution in [0.1, 0.15) is 46.5 Å². The van der Waals surface area contributed by atoms with Crippen LogP contribution in [0.4, 0.5) is 0 Å². The van der Waals surface area contributed by atoms with Gasteiger partial charge in [0.2, 0.25) is 0 Å². The molecule has 0 spiro atoms. The van der Waals surface area contributed by atoms with Gasteiger partial charge in [-0.15, -0.1) is 0 Å². The van der Waals surface area contributed by atoms with Crippen LogP contribution in [0.15, 0.2) is 12.2 Å². The van der Waals surface area contributed by atoms with Gasteiger partial charge < -0.3 is 9.47 Å². The molecular formula is C14H24O2. The van der Waals surface area contributed by atoms with Crippen molar-refractivity contribution in [3.8, 4) is 0 Å². The standard InChI is InChI=1S/C14H24O2/c1-4-5-8-15-11(2)16-14(3)10-12-6-7-13(14)9-12/h6-7,11-13H,4-5,8-10H2,1-3H3. The fourth-order valence-electron chi connectivity index (χ4n) is 2.99. The van der Waals surface area contributed by atoms with Gasteiger partial charge in [0.25, 0.3) is 0 Å². The maximum Gasteiger partial charge on any atom is 0.155 e. The number of hydrogen-bond acceptors (Lipinski definition) is 2. The monoisotopic (exact) mass is 224 g/mol. The highest BCUT2D eigenvalue weighted by Crippen LogP contribution is 2.48. The second kappa shape index (κ2) is 4.89. The first-order valence-electron chi connectivity index (χ1n) is 6.62. The average Bonchev–Trinajstić information content (AvgIpc) is 2.77. The highest BCUT2D eigenvalue weighted by molar-refractivity contribution is 5.16. The first kappa shape index (κ1) is 12.1. The molecule has 2 rings (SSSR count). The maximum absolute atomic E-state index is 6.11. The second-order valence-electron chi connectivity index (χ2n) is 5.41. The lowest BCUT2D eigenvalue weighted by Gasteiger charge is -2.34. The smallest absolute Gasteiger partial charge is 0.155 e. The lowest BCUT2D eigenvalue weighted by molar-refractivity contribution is -0.204. The quantitative estimate of drug-likeness (QED) is 0.390. The Kier molecular flexibility index (Phi) is 3.70. The Bertz CT molecular complexity index is 261. The van der Waals surface area contributed by atoms with Gasteiger partial charge in [-0.05, 0) is 39.0 Å². The average molecular weight is 224 g/mol. The van der Waals surface area contributed by atoms with E-state index in [1.54, 1.807) is 0 Å². The van der Waals surface area contributed by atoms with Gasteiger partial charge >= 0.3 is 0 Å². The van der Waals surface area contributed by atoms with Crippen molar-refractivity contribution >= 4 is 0 Å². The lowest BCUT2D eigenvalue weighted by Crippen LogP contribution is -2.37. The Balaban J connectivity index is 1.78. The van der Waals surface area contributed by atoms with Crippen LogP contribution >= 0.6 is 0 Å². The zero-order valence-corrected chi connectivity index (χ0v) is 10.7. The molecule has 0 N–H and O–H groups in total. The number of fused-ring (bicyclic) bond motifs is 2. The molecule has 92 valence electrons. The Labute approximate surface area is 99.0 Å². The molecule has 2 aliphatic rings. The van der Waals surface area contributed by atoms with Gasteiger partial charge in [0.15, 0.2) is 6.29 Å². The summed E-state index contributed by atoms with van der Waals surface area (Å²) in [6.45, 7) is 7.26. The van der Waals surface area contributed by atoms with Crippen LogP contribution in [-0.2, 0) is 9.47 Å². The summed E-state index contributed by atoms with van der Waals surface area (Å²) in [5.41, 5.74) is 0.0189. The van der Waals surface area contributed by atoms with E-state index in [-0.39, 0.29) is 11.9 Å². The van der Waals surface area contributed by atoms with Crippen molar-refractivity contribution in [3.63, 3.8) is 0 Å². The summed E-state index contributed by atoms with van der Waals surface area (Å²) in [5.74, 6) is 1.35. The van der Waals surface area contributed by atoms with Crippen molar-refractivity contribution in [2.75, 3.05) is 6.61 Å². The van der Waals surface area contributed by atoms with E-state index in [2.05, 4.69) is 26.0 Å². The fourth-order valence-corrected chi connectivity index (χ4v) is 2.99. The summed E-state index contributed by atoms with van der Waals surface area (Å²) in [4.78, 5) is 0. The highest BCUT2D eigenvalue weighted by atomic mass is 16.7. The summed E-state index contributed by atoms with van der Waals surface area (Å²) in [5, 5.41) is 0. The summed E-state index contributed by atoms with van der Waals surface area (Å²) in [6.07, 6.45) is 9.34. The van der Waals surface area contributed by atoms with Crippen LogP contribution in [0.2, 0.25) is 0 Å². The molecule has 0 aromatic rings. The SMILES string of the molecule is CCCCOC(C)OC1(C)CC2C=CC1C2. The number of rotatable bonds is 6. The number of allylic oxidation sites excluding steroid dienone is 1. The van der Waals surface area contributed by atoms with Crippen LogP contribution in [0.3, 0.4) is 0 Å². The molecule has 2 heteroatoms. The van der Waals surface area contributed by atoms with Gasteiger partial charge in [-0.2, -0.15) is 0 Å². The number of hydrogen-bond donors (Lipinski definition) is 0. The van der Waals surface area contributed by atoms with Crippen molar-refractivity contribution in [1.29, 1.82) is 0 Å². The summed E-state index contributed by atoms with van der Waals surface area (Å²) in [7, 11) is 0. The minimum Gasteiger partial charge on any atom is -0.353 e. The zero-order valence-electron chi connectivity index (χ0n) is 10.7. The van der Waals surface area contributed by atoms with Crippen LogP contribution in [0.5, 0.6) is 0 Å². The van der Waals surface area contributed by atoms with Gasteiger partial charge in [0.05, 0.1) is 5.60 Å². The van der Waals surface area contributed by atoms with Gasteiger partial charge in [-0.25, -0.2) is 0 Å². The maximum atomic E-state index is 6.11. The molecular weight excluding hydrogens is 200 g/mol. The molecule has 2 aliphatic carbocycles.